The number of carbonyl (C=O) groups excluding carboxylic acids is 1. The Hall–Kier alpha value is -0.840. The minimum Gasteiger partial charge on any atom is -0.460 e. The van der Waals surface area contributed by atoms with Crippen LogP contribution in [-0.4, -0.2) is 24.0 Å². The number of rotatable bonds is 6. The Morgan fingerprint density at radius 1 is 1.45 bits per heavy atom. The van der Waals surface area contributed by atoms with Gasteiger partial charge in [0.15, 0.2) is 0 Å². The highest BCUT2D eigenvalue weighted by atomic mass is 35.5. The predicted molar refractivity (Wildman–Crippen MR) is 78.9 cm³/mol. The van der Waals surface area contributed by atoms with Crippen molar-refractivity contribution >= 4 is 29.2 Å². The summed E-state index contributed by atoms with van der Waals surface area (Å²) in [6, 6.07) is 3.04. The van der Waals surface area contributed by atoms with Crippen molar-refractivity contribution in [3.05, 3.63) is 28.0 Å². The van der Waals surface area contributed by atoms with Crippen molar-refractivity contribution in [1.82, 2.24) is 10.3 Å². The normalized spacial score (nSPS) is 16.6. The molecule has 0 aromatic carbocycles. The first-order valence-corrected chi connectivity index (χ1v) is 7.50. The Morgan fingerprint density at radius 3 is 2.60 bits per heavy atom. The minimum atomic E-state index is -0.243. The largest absolute Gasteiger partial charge is 0.460 e. The summed E-state index contributed by atoms with van der Waals surface area (Å²) < 4.78 is 5.31. The lowest BCUT2D eigenvalue weighted by Gasteiger charge is -2.28. The maximum absolute atomic E-state index is 12.0. The van der Waals surface area contributed by atoms with Crippen LogP contribution in [0.5, 0.6) is 0 Å². The van der Waals surface area contributed by atoms with Crippen molar-refractivity contribution in [2.45, 2.75) is 38.3 Å². The molecule has 0 bridgehead atoms. The van der Waals surface area contributed by atoms with Crippen molar-refractivity contribution in [3.8, 4) is 0 Å². The van der Waals surface area contributed by atoms with E-state index in [1.807, 2.05) is 0 Å². The highest BCUT2D eigenvalue weighted by Gasteiger charge is 2.26. The Bertz CT molecular complexity index is 458. The number of carbonyl (C=O) groups is 1. The number of hydrogen-bond donors (Lipinski definition) is 1. The molecule has 110 valence electrons. The summed E-state index contributed by atoms with van der Waals surface area (Å²) in [6.07, 6.45) is 4.53. The molecule has 0 saturated heterocycles. The van der Waals surface area contributed by atoms with Gasteiger partial charge in [0.05, 0.1) is 0 Å². The fraction of sp³-hybridized carbons (Fsp3) is 0.571. The first-order valence-electron chi connectivity index (χ1n) is 6.74. The molecule has 0 spiro atoms. The molecule has 20 heavy (non-hydrogen) atoms. The predicted octanol–water partition coefficient (Wildman–Crippen LogP) is 3.21. The van der Waals surface area contributed by atoms with Crippen LogP contribution in [0.4, 0.5) is 0 Å². The Balaban J connectivity index is 1.86. The molecule has 1 fully saturated rings. The molecular formula is C14H18Cl2N2O2. The fourth-order valence-corrected chi connectivity index (χ4v) is 2.75. The monoisotopic (exact) mass is 316 g/mol. The van der Waals surface area contributed by atoms with Crippen molar-refractivity contribution < 1.29 is 9.53 Å². The maximum atomic E-state index is 12.0. The van der Waals surface area contributed by atoms with Crippen LogP contribution in [0.3, 0.4) is 0 Å². The Morgan fingerprint density at radius 2 is 2.10 bits per heavy atom. The SMILES string of the molecule is CN[C@@H](CC1CCC1)C(=O)OCc1cc(Cl)nc(Cl)c1. The van der Waals surface area contributed by atoms with Gasteiger partial charge in [0.2, 0.25) is 0 Å². The van der Waals surface area contributed by atoms with Crippen molar-refractivity contribution in [1.29, 1.82) is 0 Å². The minimum absolute atomic E-state index is 0.156. The lowest BCUT2D eigenvalue weighted by molar-refractivity contribution is -0.148. The molecule has 0 unspecified atom stereocenters. The molecule has 0 aliphatic heterocycles. The van der Waals surface area contributed by atoms with Crippen LogP contribution in [0.1, 0.15) is 31.2 Å². The van der Waals surface area contributed by atoms with Gasteiger partial charge in [-0.05, 0) is 37.1 Å². The number of pyridine rings is 1. The van der Waals surface area contributed by atoms with Crippen LogP contribution in [0.15, 0.2) is 12.1 Å². The second-order valence-corrected chi connectivity index (χ2v) is 5.88. The summed E-state index contributed by atoms with van der Waals surface area (Å²) >= 11 is 11.6. The smallest absolute Gasteiger partial charge is 0.323 e. The van der Waals surface area contributed by atoms with E-state index in [9.17, 15) is 4.79 Å². The average Bonchev–Trinajstić information content (AvgIpc) is 2.34. The number of hydrogen-bond acceptors (Lipinski definition) is 4. The van der Waals surface area contributed by atoms with Gasteiger partial charge >= 0.3 is 5.97 Å². The van der Waals surface area contributed by atoms with E-state index in [2.05, 4.69) is 10.3 Å². The van der Waals surface area contributed by atoms with Crippen LogP contribution in [0, 0.1) is 5.92 Å². The molecule has 1 N–H and O–H groups in total. The first kappa shape index (κ1) is 15.5. The van der Waals surface area contributed by atoms with Gasteiger partial charge in [-0.15, -0.1) is 0 Å². The van der Waals surface area contributed by atoms with Crippen LogP contribution in [-0.2, 0) is 16.1 Å². The number of likely N-dealkylation sites (N-methyl/N-ethyl adjacent to an activating group) is 1. The zero-order valence-corrected chi connectivity index (χ0v) is 12.9. The van der Waals surface area contributed by atoms with E-state index in [-0.39, 0.29) is 18.6 Å². The number of nitrogens with one attached hydrogen (secondary N) is 1. The van der Waals surface area contributed by atoms with Crippen LogP contribution in [0.2, 0.25) is 10.3 Å². The number of esters is 1. The van der Waals surface area contributed by atoms with E-state index in [4.69, 9.17) is 27.9 Å². The van der Waals surface area contributed by atoms with Crippen molar-refractivity contribution in [3.63, 3.8) is 0 Å². The molecule has 1 aliphatic rings. The molecule has 1 heterocycles. The summed E-state index contributed by atoms with van der Waals surface area (Å²) in [5.74, 6) is 0.410. The highest BCUT2D eigenvalue weighted by molar-refractivity contribution is 6.32. The number of halogens is 2. The summed E-state index contributed by atoms with van der Waals surface area (Å²) in [5.41, 5.74) is 0.738. The van der Waals surface area contributed by atoms with Crippen molar-refractivity contribution in [2.24, 2.45) is 5.92 Å². The Labute approximate surface area is 128 Å². The Kier molecular flexibility index (Phi) is 5.64. The van der Waals surface area contributed by atoms with Gasteiger partial charge < -0.3 is 10.1 Å². The first-order chi connectivity index (χ1) is 9.58. The van der Waals surface area contributed by atoms with E-state index in [0.717, 1.165) is 12.0 Å². The molecule has 0 radical (unpaired) electrons. The second-order valence-electron chi connectivity index (χ2n) is 5.10. The van der Waals surface area contributed by atoms with Gasteiger partial charge in [0.25, 0.3) is 0 Å². The van der Waals surface area contributed by atoms with Gasteiger partial charge in [-0.25, -0.2) is 4.98 Å². The molecule has 1 saturated carbocycles. The fourth-order valence-electron chi connectivity index (χ4n) is 2.25. The van der Waals surface area contributed by atoms with Crippen LogP contribution >= 0.6 is 23.2 Å². The van der Waals surface area contributed by atoms with Crippen LogP contribution < -0.4 is 5.32 Å². The van der Waals surface area contributed by atoms with E-state index < -0.39 is 0 Å². The molecule has 1 aromatic heterocycles. The summed E-state index contributed by atoms with van der Waals surface area (Å²) in [5, 5.41) is 3.61. The molecule has 1 aliphatic carbocycles. The third-order valence-electron chi connectivity index (χ3n) is 3.63. The van der Waals surface area contributed by atoms with Gasteiger partial charge in [-0.1, -0.05) is 42.5 Å². The average molecular weight is 317 g/mol. The third kappa shape index (κ3) is 4.33. The number of aromatic nitrogens is 1. The van der Waals surface area contributed by atoms with Crippen molar-refractivity contribution in [2.75, 3.05) is 7.05 Å². The molecular weight excluding hydrogens is 299 g/mol. The van der Waals surface area contributed by atoms with Gasteiger partial charge in [-0.3, -0.25) is 4.79 Å². The summed E-state index contributed by atoms with van der Waals surface area (Å²) in [7, 11) is 1.78. The maximum Gasteiger partial charge on any atom is 0.323 e. The van der Waals surface area contributed by atoms with Gasteiger partial charge in [0, 0.05) is 0 Å². The summed E-state index contributed by atoms with van der Waals surface area (Å²) in [4.78, 5) is 15.9. The molecule has 2 rings (SSSR count). The molecule has 1 atom stereocenters. The van der Waals surface area contributed by atoms with Crippen LogP contribution in [0.25, 0.3) is 0 Å². The third-order valence-corrected chi connectivity index (χ3v) is 4.02. The highest BCUT2D eigenvalue weighted by Crippen LogP contribution is 2.30. The lowest BCUT2D eigenvalue weighted by Crippen LogP contribution is -2.38. The standard InChI is InChI=1S/C14H18Cl2N2O2/c1-17-11(5-9-3-2-4-9)14(19)20-8-10-6-12(15)18-13(16)7-10/h6-7,9,11,17H,2-5,8H2,1H3/t11-/m0/s1. The quantitative estimate of drug-likeness (QED) is 0.646. The number of ether oxygens (including phenoxy) is 1. The van der Waals surface area contributed by atoms with E-state index in [1.165, 1.54) is 19.3 Å². The summed E-state index contributed by atoms with van der Waals surface area (Å²) in [6.45, 7) is 0.156. The van der Waals surface area contributed by atoms with Gasteiger partial charge in [-0.2, -0.15) is 0 Å². The van der Waals surface area contributed by atoms with E-state index in [1.54, 1.807) is 19.2 Å². The van der Waals surface area contributed by atoms with Gasteiger partial charge in [0.1, 0.15) is 23.0 Å². The molecule has 6 heteroatoms. The topological polar surface area (TPSA) is 51.2 Å². The van der Waals surface area contributed by atoms with E-state index in [0.29, 0.717) is 16.2 Å². The lowest BCUT2D eigenvalue weighted by atomic mass is 9.81. The molecule has 0 amide bonds. The number of nitrogens with zero attached hydrogens (tertiary/aromatic N) is 1. The molecule has 4 nitrogen and oxygen atoms in total. The second kappa shape index (κ2) is 7.25. The van der Waals surface area contributed by atoms with E-state index >= 15 is 0 Å². The zero-order valence-electron chi connectivity index (χ0n) is 11.4. The molecule has 1 aromatic rings. The zero-order chi connectivity index (χ0) is 14.5.